The summed E-state index contributed by atoms with van der Waals surface area (Å²) in [6.07, 6.45) is 0.0841. The Hall–Kier alpha value is -3.89. The molecule has 0 saturated carbocycles. The molecule has 1 aliphatic heterocycles. The lowest BCUT2D eigenvalue weighted by molar-refractivity contribution is -0.119. The smallest absolute Gasteiger partial charge is 0.414 e. The molecule has 2 N–H and O–H groups in total. The molecular weight excluding hydrogens is 396 g/mol. The van der Waals surface area contributed by atoms with Crippen molar-refractivity contribution in [1.82, 2.24) is 14.9 Å². The molecule has 158 valence electrons. The second-order valence-electron chi connectivity index (χ2n) is 6.46. The number of nitrogens with zero attached hydrogens (tertiary/aromatic N) is 2. The van der Waals surface area contributed by atoms with Gasteiger partial charge in [0.15, 0.2) is 0 Å². The summed E-state index contributed by atoms with van der Waals surface area (Å²) < 4.78 is 11.1. The van der Waals surface area contributed by atoms with E-state index < -0.39 is 29.4 Å². The van der Waals surface area contributed by atoms with Gasteiger partial charge in [-0.05, 0) is 31.2 Å². The van der Waals surface area contributed by atoms with Crippen molar-refractivity contribution < 1.29 is 23.9 Å². The Labute approximate surface area is 170 Å². The highest BCUT2D eigenvalue weighted by molar-refractivity contribution is 5.90. The summed E-state index contributed by atoms with van der Waals surface area (Å²) in [5.41, 5.74) is -0.970. The standard InChI is InChI=1S/C19H20N4O7/c1-3-29-17(26)15-10-22(18(27)21-16(15)25)12-4-6-13(7-5-12)23-9-14(30-19(23)28)8-20-11(2)24/h4-7,10,14H,3,8-9H2,1-2H3,(H,20,24)(H,21,25,27)/t14-/m0/s1. The average molecular weight is 416 g/mol. The molecule has 11 heteroatoms. The Morgan fingerprint density at radius 2 is 1.87 bits per heavy atom. The van der Waals surface area contributed by atoms with E-state index in [1.165, 1.54) is 11.8 Å². The van der Waals surface area contributed by atoms with Crippen LogP contribution >= 0.6 is 0 Å². The Morgan fingerprint density at radius 3 is 2.50 bits per heavy atom. The Bertz CT molecular complexity index is 1090. The van der Waals surface area contributed by atoms with Gasteiger partial charge in [-0.15, -0.1) is 0 Å². The zero-order valence-corrected chi connectivity index (χ0v) is 16.3. The molecule has 0 bridgehead atoms. The van der Waals surface area contributed by atoms with Crippen molar-refractivity contribution in [3.63, 3.8) is 0 Å². The maximum absolute atomic E-state index is 12.2. The lowest BCUT2D eigenvalue weighted by Gasteiger charge is -2.14. The molecule has 2 heterocycles. The first kappa shape index (κ1) is 20.8. The number of aromatic amines is 1. The van der Waals surface area contributed by atoms with Crippen molar-refractivity contribution >= 4 is 23.7 Å². The summed E-state index contributed by atoms with van der Waals surface area (Å²) in [6, 6.07) is 6.30. The maximum atomic E-state index is 12.2. The van der Waals surface area contributed by atoms with Crippen LogP contribution in [-0.4, -0.2) is 53.3 Å². The number of anilines is 1. The fourth-order valence-corrected chi connectivity index (χ4v) is 2.91. The number of carbonyl (C=O) groups excluding carboxylic acids is 3. The van der Waals surface area contributed by atoms with Gasteiger partial charge in [0, 0.05) is 18.8 Å². The van der Waals surface area contributed by atoms with Gasteiger partial charge in [0.2, 0.25) is 5.91 Å². The zero-order valence-electron chi connectivity index (χ0n) is 16.3. The Balaban J connectivity index is 1.83. The van der Waals surface area contributed by atoms with Gasteiger partial charge in [0.05, 0.1) is 25.4 Å². The summed E-state index contributed by atoms with van der Waals surface area (Å²) >= 11 is 0. The van der Waals surface area contributed by atoms with Crippen LogP contribution in [0.4, 0.5) is 10.5 Å². The molecule has 0 spiro atoms. The largest absolute Gasteiger partial charge is 0.462 e. The predicted molar refractivity (Wildman–Crippen MR) is 105 cm³/mol. The number of amides is 2. The van der Waals surface area contributed by atoms with E-state index in [1.807, 2.05) is 0 Å². The second kappa shape index (κ2) is 8.64. The monoisotopic (exact) mass is 416 g/mol. The van der Waals surface area contributed by atoms with Crippen molar-refractivity contribution in [2.75, 3.05) is 24.6 Å². The first-order chi connectivity index (χ1) is 14.3. The molecule has 0 unspecified atom stereocenters. The van der Waals surface area contributed by atoms with Crippen LogP contribution in [0.3, 0.4) is 0 Å². The van der Waals surface area contributed by atoms with Crippen molar-refractivity contribution in [3.05, 3.63) is 56.9 Å². The number of hydrogen-bond acceptors (Lipinski definition) is 7. The molecule has 3 rings (SSSR count). The van der Waals surface area contributed by atoms with Crippen molar-refractivity contribution in [3.8, 4) is 5.69 Å². The van der Waals surface area contributed by atoms with E-state index in [0.29, 0.717) is 11.4 Å². The van der Waals surface area contributed by atoms with Gasteiger partial charge in [-0.25, -0.2) is 14.4 Å². The van der Waals surface area contributed by atoms with E-state index in [-0.39, 0.29) is 31.2 Å². The number of benzene rings is 1. The highest BCUT2D eigenvalue weighted by atomic mass is 16.6. The van der Waals surface area contributed by atoms with Gasteiger partial charge in [-0.1, -0.05) is 0 Å². The van der Waals surface area contributed by atoms with E-state index in [1.54, 1.807) is 31.2 Å². The van der Waals surface area contributed by atoms with Crippen LogP contribution in [0, 0.1) is 0 Å². The number of carbonyl (C=O) groups is 3. The van der Waals surface area contributed by atoms with Crippen LogP contribution in [0.1, 0.15) is 24.2 Å². The fourth-order valence-electron chi connectivity index (χ4n) is 2.91. The molecule has 0 aliphatic carbocycles. The van der Waals surface area contributed by atoms with E-state index in [2.05, 4.69) is 10.3 Å². The van der Waals surface area contributed by atoms with Crippen molar-refractivity contribution in [2.45, 2.75) is 20.0 Å². The van der Waals surface area contributed by atoms with E-state index >= 15 is 0 Å². The van der Waals surface area contributed by atoms with Gasteiger partial charge in [-0.2, -0.15) is 0 Å². The highest BCUT2D eigenvalue weighted by Gasteiger charge is 2.32. The highest BCUT2D eigenvalue weighted by Crippen LogP contribution is 2.22. The molecule has 2 amide bonds. The van der Waals surface area contributed by atoms with Crippen LogP contribution in [0.15, 0.2) is 40.1 Å². The van der Waals surface area contributed by atoms with Crippen LogP contribution in [0.25, 0.3) is 5.69 Å². The van der Waals surface area contributed by atoms with E-state index in [4.69, 9.17) is 9.47 Å². The summed E-state index contributed by atoms with van der Waals surface area (Å²) in [6.45, 7) is 3.52. The Kier molecular flexibility index (Phi) is 6.00. The van der Waals surface area contributed by atoms with Crippen LogP contribution < -0.4 is 21.5 Å². The summed E-state index contributed by atoms with van der Waals surface area (Å²) in [4.78, 5) is 62.6. The van der Waals surface area contributed by atoms with Crippen LogP contribution in [0.2, 0.25) is 0 Å². The zero-order chi connectivity index (χ0) is 21.8. The minimum atomic E-state index is -0.839. The van der Waals surface area contributed by atoms with Crippen molar-refractivity contribution in [2.24, 2.45) is 0 Å². The SMILES string of the molecule is CCOC(=O)c1cn(-c2ccc(N3C[C@H](CNC(C)=O)OC3=O)cc2)c(=O)[nH]c1=O. The number of esters is 1. The summed E-state index contributed by atoms with van der Waals surface area (Å²) in [5, 5.41) is 2.60. The molecule has 1 saturated heterocycles. The third-order valence-corrected chi connectivity index (χ3v) is 4.33. The van der Waals surface area contributed by atoms with Gasteiger partial charge in [-0.3, -0.25) is 24.0 Å². The molecule has 1 fully saturated rings. The average Bonchev–Trinajstić information content (AvgIpc) is 3.07. The minimum absolute atomic E-state index is 0.0843. The topological polar surface area (TPSA) is 140 Å². The van der Waals surface area contributed by atoms with Crippen molar-refractivity contribution in [1.29, 1.82) is 0 Å². The predicted octanol–water partition coefficient (Wildman–Crippen LogP) is 0.164. The summed E-state index contributed by atoms with van der Waals surface area (Å²) in [5.74, 6) is -1.06. The number of hydrogen-bond donors (Lipinski definition) is 2. The Morgan fingerprint density at radius 1 is 1.20 bits per heavy atom. The quantitative estimate of drug-likeness (QED) is 0.640. The third-order valence-electron chi connectivity index (χ3n) is 4.33. The molecule has 11 nitrogen and oxygen atoms in total. The van der Waals surface area contributed by atoms with Gasteiger partial charge >= 0.3 is 17.8 Å². The van der Waals surface area contributed by atoms with Gasteiger partial charge < -0.3 is 14.8 Å². The normalized spacial score (nSPS) is 15.6. The second-order valence-corrected chi connectivity index (χ2v) is 6.46. The summed E-state index contributed by atoms with van der Waals surface area (Å²) in [7, 11) is 0. The van der Waals surface area contributed by atoms with E-state index in [0.717, 1.165) is 10.8 Å². The number of ether oxygens (including phenoxy) is 2. The number of nitrogens with one attached hydrogen (secondary N) is 2. The number of cyclic esters (lactones) is 1. The number of H-pyrrole nitrogens is 1. The first-order valence-electron chi connectivity index (χ1n) is 9.16. The molecule has 1 aliphatic rings. The molecule has 1 aromatic carbocycles. The molecule has 1 atom stereocenters. The molecular formula is C19H20N4O7. The minimum Gasteiger partial charge on any atom is -0.462 e. The molecule has 30 heavy (non-hydrogen) atoms. The lowest BCUT2D eigenvalue weighted by atomic mass is 10.2. The number of aromatic nitrogens is 2. The lowest BCUT2D eigenvalue weighted by Crippen LogP contribution is -2.33. The molecule has 2 aromatic rings. The maximum Gasteiger partial charge on any atom is 0.414 e. The van der Waals surface area contributed by atoms with Crippen LogP contribution in [0.5, 0.6) is 0 Å². The molecule has 0 radical (unpaired) electrons. The first-order valence-corrected chi connectivity index (χ1v) is 9.16. The van der Waals surface area contributed by atoms with Gasteiger partial charge in [0.1, 0.15) is 11.7 Å². The fraction of sp³-hybridized carbons (Fsp3) is 0.316. The third kappa shape index (κ3) is 4.40. The van der Waals surface area contributed by atoms with Crippen LogP contribution in [-0.2, 0) is 14.3 Å². The number of rotatable bonds is 6. The van der Waals surface area contributed by atoms with E-state index in [9.17, 15) is 24.0 Å². The van der Waals surface area contributed by atoms with Gasteiger partial charge in [0.25, 0.3) is 5.56 Å². The molecule has 1 aromatic heterocycles.